The van der Waals surface area contributed by atoms with Gasteiger partial charge in [-0.15, -0.1) is 0 Å². The van der Waals surface area contributed by atoms with Crippen molar-refractivity contribution in [2.45, 2.75) is 12.5 Å². The number of hydrogen-bond acceptors (Lipinski definition) is 4. The summed E-state index contributed by atoms with van der Waals surface area (Å²) in [4.78, 5) is 12.5. The molecule has 0 fully saturated rings. The van der Waals surface area contributed by atoms with Crippen molar-refractivity contribution < 1.29 is 18.7 Å². The predicted molar refractivity (Wildman–Crippen MR) is 92.5 cm³/mol. The summed E-state index contributed by atoms with van der Waals surface area (Å²) in [6, 6.07) is 16.8. The second-order valence-electron chi connectivity index (χ2n) is 5.96. The summed E-state index contributed by atoms with van der Waals surface area (Å²) < 4.78 is 17.4. The van der Waals surface area contributed by atoms with Crippen LogP contribution in [0.3, 0.4) is 0 Å². The van der Waals surface area contributed by atoms with Gasteiger partial charge in [-0.2, -0.15) is 0 Å². The van der Waals surface area contributed by atoms with Gasteiger partial charge in [0.1, 0.15) is 11.5 Å². The minimum Gasteiger partial charge on any atom is -0.472 e. The number of rotatable bonds is 3. The standard InChI is InChI=1S/C21H16O4/c1-14(2)20(22)25-21(15-11-12-23-13-15)16-7-3-5-9-18(16)24-19-10-6-4-8-17(19)21/h3-13H,1H2,2H3. The first kappa shape index (κ1) is 15.3. The lowest BCUT2D eigenvalue weighted by Gasteiger charge is -2.38. The fourth-order valence-electron chi connectivity index (χ4n) is 3.13. The second kappa shape index (κ2) is 5.67. The maximum absolute atomic E-state index is 12.5. The molecule has 0 saturated heterocycles. The minimum absolute atomic E-state index is 0.323. The Morgan fingerprint density at radius 2 is 1.60 bits per heavy atom. The lowest BCUT2D eigenvalue weighted by atomic mass is 9.79. The van der Waals surface area contributed by atoms with E-state index in [1.165, 1.54) is 0 Å². The van der Waals surface area contributed by atoms with E-state index in [1.54, 1.807) is 25.5 Å². The molecule has 4 heteroatoms. The van der Waals surface area contributed by atoms with Crippen LogP contribution in [0.4, 0.5) is 0 Å². The normalized spacial score (nSPS) is 14.0. The van der Waals surface area contributed by atoms with Gasteiger partial charge in [-0.3, -0.25) is 0 Å². The second-order valence-corrected chi connectivity index (χ2v) is 5.96. The summed E-state index contributed by atoms with van der Waals surface area (Å²) in [6.45, 7) is 5.34. The molecule has 0 spiro atoms. The molecule has 0 bridgehead atoms. The first-order chi connectivity index (χ1) is 12.1. The van der Waals surface area contributed by atoms with Crippen LogP contribution in [-0.4, -0.2) is 5.97 Å². The molecule has 0 saturated carbocycles. The quantitative estimate of drug-likeness (QED) is 0.511. The highest BCUT2D eigenvalue weighted by molar-refractivity contribution is 5.88. The molecule has 0 N–H and O–H groups in total. The zero-order valence-corrected chi connectivity index (χ0v) is 13.7. The molecule has 1 aromatic heterocycles. The highest BCUT2D eigenvalue weighted by Crippen LogP contribution is 2.52. The Morgan fingerprint density at radius 3 is 2.12 bits per heavy atom. The SMILES string of the molecule is C=C(C)C(=O)OC1(c2ccoc2)c2ccccc2Oc2ccccc21. The highest BCUT2D eigenvalue weighted by atomic mass is 16.6. The molecular formula is C21H16O4. The van der Waals surface area contributed by atoms with Crippen LogP contribution in [0.1, 0.15) is 23.6 Å². The minimum atomic E-state index is -1.16. The number of carbonyl (C=O) groups excluding carboxylic acids is 1. The molecule has 0 unspecified atom stereocenters. The fourth-order valence-corrected chi connectivity index (χ4v) is 3.13. The molecule has 25 heavy (non-hydrogen) atoms. The third-order valence-electron chi connectivity index (χ3n) is 4.27. The Bertz CT molecular complexity index is 908. The van der Waals surface area contributed by atoms with E-state index < -0.39 is 11.6 Å². The molecule has 3 aromatic rings. The molecule has 0 amide bonds. The van der Waals surface area contributed by atoms with Gasteiger partial charge in [0.15, 0.2) is 5.60 Å². The van der Waals surface area contributed by atoms with Crippen LogP contribution in [0.25, 0.3) is 0 Å². The van der Waals surface area contributed by atoms with Gasteiger partial charge >= 0.3 is 5.97 Å². The highest BCUT2D eigenvalue weighted by Gasteiger charge is 2.48. The molecule has 0 radical (unpaired) electrons. The van der Waals surface area contributed by atoms with Crippen LogP contribution < -0.4 is 4.74 Å². The van der Waals surface area contributed by atoms with Crippen LogP contribution in [0.15, 0.2) is 83.7 Å². The van der Waals surface area contributed by atoms with Crippen LogP contribution in [0.5, 0.6) is 11.5 Å². The number of para-hydroxylation sites is 2. The van der Waals surface area contributed by atoms with Gasteiger partial charge in [0.25, 0.3) is 0 Å². The fraction of sp³-hybridized carbons (Fsp3) is 0.0952. The molecule has 2 aromatic carbocycles. The molecule has 1 aliphatic rings. The Morgan fingerprint density at radius 1 is 1.00 bits per heavy atom. The number of ether oxygens (including phenoxy) is 2. The largest absolute Gasteiger partial charge is 0.472 e. The molecule has 2 heterocycles. The van der Waals surface area contributed by atoms with Crippen molar-refractivity contribution in [3.05, 3.63) is 96.0 Å². The van der Waals surface area contributed by atoms with Crippen LogP contribution in [-0.2, 0) is 15.1 Å². The molecule has 0 atom stereocenters. The Kier molecular flexibility index (Phi) is 3.46. The van der Waals surface area contributed by atoms with Gasteiger partial charge < -0.3 is 13.9 Å². The van der Waals surface area contributed by atoms with Crippen molar-refractivity contribution >= 4 is 5.97 Å². The summed E-state index contributed by atoms with van der Waals surface area (Å²) in [7, 11) is 0. The maximum atomic E-state index is 12.5. The lowest BCUT2D eigenvalue weighted by molar-refractivity contribution is -0.148. The smallest absolute Gasteiger partial charge is 0.334 e. The van der Waals surface area contributed by atoms with E-state index in [2.05, 4.69) is 6.58 Å². The summed E-state index contributed by atoms with van der Waals surface area (Å²) >= 11 is 0. The third kappa shape index (κ3) is 2.26. The summed E-state index contributed by atoms with van der Waals surface area (Å²) in [5.41, 5.74) is 1.36. The number of furan rings is 1. The molecule has 1 aliphatic heterocycles. The average Bonchev–Trinajstić information content (AvgIpc) is 3.16. The topological polar surface area (TPSA) is 48.7 Å². The summed E-state index contributed by atoms with van der Waals surface area (Å²) in [5, 5.41) is 0. The van der Waals surface area contributed by atoms with Crippen molar-refractivity contribution in [1.29, 1.82) is 0 Å². The summed E-state index contributed by atoms with van der Waals surface area (Å²) in [6.07, 6.45) is 3.15. The van der Waals surface area contributed by atoms with Gasteiger partial charge in [0.05, 0.1) is 12.5 Å². The van der Waals surface area contributed by atoms with Crippen LogP contribution in [0, 0.1) is 0 Å². The number of fused-ring (bicyclic) bond motifs is 2. The van der Waals surface area contributed by atoms with E-state index in [4.69, 9.17) is 13.9 Å². The van der Waals surface area contributed by atoms with Crippen LogP contribution in [0.2, 0.25) is 0 Å². The van der Waals surface area contributed by atoms with E-state index in [-0.39, 0.29) is 0 Å². The summed E-state index contributed by atoms with van der Waals surface area (Å²) in [5.74, 6) is 0.793. The van der Waals surface area contributed by atoms with Crippen LogP contribution >= 0.6 is 0 Å². The molecule has 4 nitrogen and oxygen atoms in total. The van der Waals surface area contributed by atoms with Crippen molar-refractivity contribution in [2.75, 3.05) is 0 Å². The van der Waals surface area contributed by atoms with Crippen molar-refractivity contribution in [3.8, 4) is 11.5 Å². The van der Waals surface area contributed by atoms with Crippen molar-refractivity contribution in [1.82, 2.24) is 0 Å². The third-order valence-corrected chi connectivity index (χ3v) is 4.27. The molecule has 0 aliphatic carbocycles. The Balaban J connectivity index is 2.06. The van der Waals surface area contributed by atoms with E-state index >= 15 is 0 Å². The van der Waals surface area contributed by atoms with Gasteiger partial charge in [0.2, 0.25) is 0 Å². The Hall–Kier alpha value is -3.27. The molecule has 4 rings (SSSR count). The van der Waals surface area contributed by atoms with E-state index in [1.807, 2.05) is 48.5 Å². The first-order valence-electron chi connectivity index (χ1n) is 7.91. The predicted octanol–water partition coefficient (Wildman–Crippen LogP) is 4.80. The number of esters is 1. The van der Waals surface area contributed by atoms with Gasteiger partial charge in [-0.1, -0.05) is 43.0 Å². The van der Waals surface area contributed by atoms with E-state index in [0.717, 1.165) is 11.1 Å². The zero-order valence-electron chi connectivity index (χ0n) is 13.7. The number of benzene rings is 2. The average molecular weight is 332 g/mol. The lowest BCUT2D eigenvalue weighted by Crippen LogP contribution is -2.37. The molecular weight excluding hydrogens is 316 g/mol. The monoisotopic (exact) mass is 332 g/mol. The van der Waals surface area contributed by atoms with Crippen molar-refractivity contribution in [2.24, 2.45) is 0 Å². The zero-order chi connectivity index (χ0) is 17.4. The van der Waals surface area contributed by atoms with Gasteiger partial charge in [-0.25, -0.2) is 4.79 Å². The first-order valence-corrected chi connectivity index (χ1v) is 7.91. The van der Waals surface area contributed by atoms with Crippen molar-refractivity contribution in [3.63, 3.8) is 0 Å². The van der Waals surface area contributed by atoms with Gasteiger partial charge in [0, 0.05) is 22.3 Å². The molecule has 124 valence electrons. The number of hydrogen-bond donors (Lipinski definition) is 0. The Labute approximate surface area is 145 Å². The number of carbonyl (C=O) groups is 1. The van der Waals surface area contributed by atoms with Gasteiger partial charge in [-0.05, 0) is 25.1 Å². The maximum Gasteiger partial charge on any atom is 0.334 e. The van der Waals surface area contributed by atoms with E-state index in [9.17, 15) is 4.79 Å². The van der Waals surface area contributed by atoms with E-state index in [0.29, 0.717) is 22.6 Å².